The number of carbonyl (C=O) groups excluding carboxylic acids is 1. The van der Waals surface area contributed by atoms with Crippen LogP contribution in [0.5, 0.6) is 0 Å². The molecule has 5 heteroatoms. The van der Waals surface area contributed by atoms with Crippen LogP contribution in [0.3, 0.4) is 0 Å². The maximum absolute atomic E-state index is 12.5. The Morgan fingerprint density at radius 3 is 2.58 bits per heavy atom. The molecule has 2 aromatic heterocycles. The number of aryl methyl sites for hydroxylation is 1. The van der Waals surface area contributed by atoms with Crippen molar-refractivity contribution in [1.29, 1.82) is 0 Å². The molecule has 0 N–H and O–H groups in total. The molecule has 2 heterocycles. The van der Waals surface area contributed by atoms with Crippen molar-refractivity contribution >= 4 is 23.2 Å². The molecule has 0 aliphatic carbocycles. The van der Waals surface area contributed by atoms with E-state index >= 15 is 0 Å². The summed E-state index contributed by atoms with van der Waals surface area (Å²) < 4.78 is 0. The zero-order valence-electron chi connectivity index (χ0n) is 10.8. The van der Waals surface area contributed by atoms with Gasteiger partial charge in [0.25, 0.3) is 5.91 Å². The first-order valence-electron chi connectivity index (χ1n) is 5.98. The molecule has 0 radical (unpaired) electrons. The molecule has 2 rings (SSSR count). The smallest absolute Gasteiger partial charge is 0.258 e. The second-order valence-electron chi connectivity index (χ2n) is 4.07. The molecule has 1 amide bonds. The first-order chi connectivity index (χ1) is 9.11. The first-order valence-corrected chi connectivity index (χ1v) is 6.35. The third-order valence-electron chi connectivity index (χ3n) is 2.70. The molecule has 0 bridgehead atoms. The second kappa shape index (κ2) is 5.80. The molecular weight excluding hydrogens is 262 g/mol. The minimum Gasteiger partial charge on any atom is -0.309 e. The van der Waals surface area contributed by atoms with Gasteiger partial charge in [0.05, 0.1) is 0 Å². The van der Waals surface area contributed by atoms with Crippen molar-refractivity contribution in [2.24, 2.45) is 0 Å². The van der Waals surface area contributed by atoms with Gasteiger partial charge in [-0.2, -0.15) is 0 Å². The summed E-state index contributed by atoms with van der Waals surface area (Å²) >= 11 is 5.90. The Morgan fingerprint density at radius 1 is 1.32 bits per heavy atom. The predicted octanol–water partition coefficient (Wildman–Crippen LogP) is 3.11. The van der Waals surface area contributed by atoms with Crippen LogP contribution in [-0.4, -0.2) is 22.4 Å². The Bertz CT molecular complexity index is 566. The number of carbonyl (C=O) groups is 1. The van der Waals surface area contributed by atoms with Crippen LogP contribution in [0.25, 0.3) is 0 Å². The molecule has 0 fully saturated rings. The average Bonchev–Trinajstić information content (AvgIpc) is 2.39. The van der Waals surface area contributed by atoms with Crippen LogP contribution in [-0.2, 0) is 0 Å². The number of halogens is 1. The second-order valence-corrected chi connectivity index (χ2v) is 4.46. The zero-order valence-corrected chi connectivity index (χ0v) is 11.6. The molecule has 0 unspecified atom stereocenters. The maximum Gasteiger partial charge on any atom is 0.258 e. The Labute approximate surface area is 117 Å². The van der Waals surface area contributed by atoms with Crippen LogP contribution in [0, 0.1) is 6.92 Å². The van der Waals surface area contributed by atoms with Gasteiger partial charge in [0.1, 0.15) is 5.15 Å². The summed E-state index contributed by atoms with van der Waals surface area (Å²) in [6.45, 7) is 4.31. The molecule has 0 aliphatic heterocycles. The van der Waals surface area contributed by atoms with E-state index in [1.807, 2.05) is 13.8 Å². The van der Waals surface area contributed by atoms with E-state index in [9.17, 15) is 4.79 Å². The normalized spacial score (nSPS) is 10.3. The lowest BCUT2D eigenvalue weighted by Gasteiger charge is -2.21. The highest BCUT2D eigenvalue weighted by molar-refractivity contribution is 6.29. The molecule has 4 nitrogen and oxygen atoms in total. The lowest BCUT2D eigenvalue weighted by Crippen LogP contribution is -2.30. The van der Waals surface area contributed by atoms with Crippen LogP contribution in [0.1, 0.15) is 23.0 Å². The zero-order chi connectivity index (χ0) is 13.8. The molecular formula is C14H14ClN3O. The van der Waals surface area contributed by atoms with Gasteiger partial charge in [-0.25, -0.2) is 4.98 Å². The van der Waals surface area contributed by atoms with Crippen LogP contribution >= 0.6 is 11.6 Å². The van der Waals surface area contributed by atoms with Crippen molar-refractivity contribution in [1.82, 2.24) is 9.97 Å². The molecule has 19 heavy (non-hydrogen) atoms. The van der Waals surface area contributed by atoms with Crippen LogP contribution in [0.4, 0.5) is 5.69 Å². The third-order valence-corrected chi connectivity index (χ3v) is 2.90. The van der Waals surface area contributed by atoms with Gasteiger partial charge in [0, 0.05) is 35.9 Å². The standard InChI is InChI=1S/C14H14ClN3O/c1-3-18(12-4-6-16-7-5-12)14(19)11-8-10(2)17-13(15)9-11/h4-9H,3H2,1-2H3. The lowest BCUT2D eigenvalue weighted by atomic mass is 10.2. The summed E-state index contributed by atoms with van der Waals surface area (Å²) in [5.41, 5.74) is 2.07. The Balaban J connectivity index is 2.36. The van der Waals surface area contributed by atoms with Crippen LogP contribution < -0.4 is 4.90 Å². The summed E-state index contributed by atoms with van der Waals surface area (Å²) in [5, 5.41) is 0.328. The minimum absolute atomic E-state index is 0.0962. The monoisotopic (exact) mass is 275 g/mol. The van der Waals surface area contributed by atoms with Crippen LogP contribution in [0.2, 0.25) is 5.15 Å². The number of hydrogen-bond donors (Lipinski definition) is 0. The summed E-state index contributed by atoms with van der Waals surface area (Å²) in [6, 6.07) is 6.92. The molecule has 0 saturated carbocycles. The van der Waals surface area contributed by atoms with E-state index in [0.717, 1.165) is 11.4 Å². The quantitative estimate of drug-likeness (QED) is 0.809. The minimum atomic E-state index is -0.0962. The molecule has 0 spiro atoms. The highest BCUT2D eigenvalue weighted by atomic mass is 35.5. The van der Waals surface area contributed by atoms with E-state index in [-0.39, 0.29) is 5.91 Å². The fraction of sp³-hybridized carbons (Fsp3) is 0.214. The number of hydrogen-bond acceptors (Lipinski definition) is 3. The van der Waals surface area contributed by atoms with Crippen molar-refractivity contribution in [2.45, 2.75) is 13.8 Å². The van der Waals surface area contributed by atoms with Gasteiger partial charge in [-0.1, -0.05) is 11.6 Å². The fourth-order valence-electron chi connectivity index (χ4n) is 1.87. The molecule has 0 atom stereocenters. The third kappa shape index (κ3) is 3.09. The number of nitrogens with zero attached hydrogens (tertiary/aromatic N) is 3. The van der Waals surface area contributed by atoms with Gasteiger partial charge in [0.15, 0.2) is 0 Å². The number of aromatic nitrogens is 2. The van der Waals surface area contributed by atoms with E-state index in [1.54, 1.807) is 41.6 Å². The number of rotatable bonds is 3. The van der Waals surface area contributed by atoms with Crippen molar-refractivity contribution in [3.63, 3.8) is 0 Å². The molecule has 0 aliphatic rings. The maximum atomic E-state index is 12.5. The highest BCUT2D eigenvalue weighted by Crippen LogP contribution is 2.18. The lowest BCUT2D eigenvalue weighted by molar-refractivity contribution is 0.0988. The van der Waals surface area contributed by atoms with Gasteiger partial charge < -0.3 is 4.90 Å². The van der Waals surface area contributed by atoms with E-state index in [4.69, 9.17) is 11.6 Å². The Hall–Kier alpha value is -1.94. The highest BCUT2D eigenvalue weighted by Gasteiger charge is 2.17. The summed E-state index contributed by atoms with van der Waals surface area (Å²) in [4.78, 5) is 22.2. The van der Waals surface area contributed by atoms with Gasteiger partial charge >= 0.3 is 0 Å². The van der Waals surface area contributed by atoms with E-state index in [1.165, 1.54) is 0 Å². The van der Waals surface area contributed by atoms with Crippen molar-refractivity contribution in [2.75, 3.05) is 11.4 Å². The number of pyridine rings is 2. The average molecular weight is 276 g/mol. The predicted molar refractivity (Wildman–Crippen MR) is 75.6 cm³/mol. The van der Waals surface area contributed by atoms with Crippen molar-refractivity contribution < 1.29 is 4.79 Å². The van der Waals surface area contributed by atoms with E-state index < -0.39 is 0 Å². The molecule has 0 aromatic carbocycles. The molecule has 0 saturated heterocycles. The van der Waals surface area contributed by atoms with Crippen LogP contribution in [0.15, 0.2) is 36.7 Å². The van der Waals surface area contributed by atoms with E-state index in [0.29, 0.717) is 17.3 Å². The van der Waals surface area contributed by atoms with Crippen molar-refractivity contribution in [3.8, 4) is 0 Å². The molecule has 98 valence electrons. The van der Waals surface area contributed by atoms with Gasteiger partial charge in [-0.3, -0.25) is 9.78 Å². The Kier molecular flexibility index (Phi) is 4.12. The van der Waals surface area contributed by atoms with Gasteiger partial charge in [-0.05, 0) is 38.1 Å². The van der Waals surface area contributed by atoms with E-state index in [2.05, 4.69) is 9.97 Å². The van der Waals surface area contributed by atoms with Gasteiger partial charge in [0.2, 0.25) is 0 Å². The number of anilines is 1. The number of amides is 1. The summed E-state index contributed by atoms with van der Waals surface area (Å²) in [7, 11) is 0. The van der Waals surface area contributed by atoms with Gasteiger partial charge in [-0.15, -0.1) is 0 Å². The summed E-state index contributed by atoms with van der Waals surface area (Å²) in [5.74, 6) is -0.0962. The van der Waals surface area contributed by atoms with Crippen molar-refractivity contribution in [3.05, 3.63) is 53.1 Å². The topological polar surface area (TPSA) is 46.1 Å². The largest absolute Gasteiger partial charge is 0.309 e. The fourth-order valence-corrected chi connectivity index (χ4v) is 2.13. The summed E-state index contributed by atoms with van der Waals surface area (Å²) in [6.07, 6.45) is 3.33. The Morgan fingerprint density at radius 2 is 2.00 bits per heavy atom. The SMILES string of the molecule is CCN(C(=O)c1cc(C)nc(Cl)c1)c1ccncc1. The first kappa shape index (κ1) is 13.5. The molecule has 2 aromatic rings.